The van der Waals surface area contributed by atoms with Crippen molar-refractivity contribution in [3.8, 4) is 11.1 Å². The average Bonchev–Trinajstić information content (AvgIpc) is 3.05. The van der Waals surface area contributed by atoms with Crippen LogP contribution in [0.4, 0.5) is 0 Å². The molecule has 0 atom stereocenters. The van der Waals surface area contributed by atoms with Gasteiger partial charge in [-0.2, -0.15) is 0 Å². The van der Waals surface area contributed by atoms with Gasteiger partial charge in [0.15, 0.2) is 0 Å². The largest absolute Gasteiger partial charge is 0.477 e. The van der Waals surface area contributed by atoms with Gasteiger partial charge in [0.2, 0.25) is 5.91 Å². The van der Waals surface area contributed by atoms with E-state index < -0.39 is 11.9 Å². The second kappa shape index (κ2) is 5.72. The van der Waals surface area contributed by atoms with Gasteiger partial charge in [-0.1, -0.05) is 48.5 Å². The van der Waals surface area contributed by atoms with Crippen LogP contribution in [0.15, 0.2) is 60.7 Å². The number of carbonyl (C=O) groups excluding carboxylic acids is 1. The molecule has 0 bridgehead atoms. The van der Waals surface area contributed by atoms with E-state index in [1.165, 1.54) is 11.3 Å². The molecular weight excluding hydrogens is 334 g/mol. The topological polar surface area (TPSA) is 80.4 Å². The van der Waals surface area contributed by atoms with Gasteiger partial charge in [-0.05, 0) is 33.9 Å². The second-order valence-corrected chi connectivity index (χ2v) is 6.76. The van der Waals surface area contributed by atoms with Gasteiger partial charge in [0.25, 0.3) is 0 Å². The van der Waals surface area contributed by atoms with Crippen LogP contribution < -0.4 is 5.73 Å². The van der Waals surface area contributed by atoms with E-state index in [0.717, 1.165) is 32.0 Å². The summed E-state index contributed by atoms with van der Waals surface area (Å²) in [5.74, 6) is -1.40. The molecule has 4 rings (SSSR count). The van der Waals surface area contributed by atoms with Gasteiger partial charge in [-0.25, -0.2) is 4.79 Å². The third kappa shape index (κ3) is 2.45. The number of hydrogen-bond acceptors (Lipinski definition) is 3. The lowest BCUT2D eigenvalue weighted by Crippen LogP contribution is -2.11. The van der Waals surface area contributed by atoms with Crippen molar-refractivity contribution in [2.24, 2.45) is 5.73 Å². The molecule has 0 saturated heterocycles. The van der Waals surface area contributed by atoms with Crippen LogP contribution >= 0.6 is 11.3 Å². The smallest absolute Gasteiger partial charge is 0.345 e. The molecule has 4 nitrogen and oxygen atoms in total. The van der Waals surface area contributed by atoms with Gasteiger partial charge in [-0.15, -0.1) is 11.3 Å². The Morgan fingerprint density at radius 2 is 1.64 bits per heavy atom. The maximum Gasteiger partial charge on any atom is 0.345 e. The van der Waals surface area contributed by atoms with Crippen LogP contribution in [0.2, 0.25) is 0 Å². The zero-order valence-corrected chi connectivity index (χ0v) is 13.8. The molecule has 1 heterocycles. The first-order chi connectivity index (χ1) is 12.1. The number of carbonyl (C=O) groups is 2. The summed E-state index contributed by atoms with van der Waals surface area (Å²) in [7, 11) is 0. The molecule has 3 aromatic carbocycles. The highest BCUT2D eigenvalue weighted by atomic mass is 32.1. The lowest BCUT2D eigenvalue weighted by Gasteiger charge is -2.10. The van der Waals surface area contributed by atoms with Crippen molar-refractivity contribution >= 4 is 44.1 Å². The summed E-state index contributed by atoms with van der Waals surface area (Å²) >= 11 is 1.25. The minimum absolute atomic E-state index is 0.306. The molecule has 4 aromatic rings. The number of primary amides is 1. The third-order valence-electron chi connectivity index (χ3n) is 4.23. The van der Waals surface area contributed by atoms with Crippen LogP contribution in [-0.2, 0) is 0 Å². The van der Waals surface area contributed by atoms with Crippen molar-refractivity contribution in [3.63, 3.8) is 0 Å². The van der Waals surface area contributed by atoms with Crippen molar-refractivity contribution in [2.75, 3.05) is 0 Å². The number of benzene rings is 3. The summed E-state index contributed by atoms with van der Waals surface area (Å²) in [6.45, 7) is 0. The lowest BCUT2D eigenvalue weighted by molar-refractivity contribution is 0.0702. The predicted octanol–water partition coefficient (Wildman–Crippen LogP) is 4.52. The number of hydrogen-bond donors (Lipinski definition) is 2. The Morgan fingerprint density at radius 1 is 0.880 bits per heavy atom. The molecule has 25 heavy (non-hydrogen) atoms. The molecule has 0 saturated carbocycles. The molecule has 5 heteroatoms. The van der Waals surface area contributed by atoms with Crippen LogP contribution in [0.1, 0.15) is 20.0 Å². The highest BCUT2D eigenvalue weighted by molar-refractivity contribution is 7.21. The first kappa shape index (κ1) is 15.4. The van der Waals surface area contributed by atoms with E-state index in [2.05, 4.69) is 0 Å². The van der Waals surface area contributed by atoms with Crippen molar-refractivity contribution < 1.29 is 14.7 Å². The highest BCUT2D eigenvalue weighted by Crippen LogP contribution is 2.38. The number of carboxylic acids is 1. The summed E-state index contributed by atoms with van der Waals surface area (Å²) in [6, 6.07) is 18.7. The first-order valence-electron chi connectivity index (χ1n) is 7.64. The first-order valence-corrected chi connectivity index (χ1v) is 8.45. The van der Waals surface area contributed by atoms with Crippen molar-refractivity contribution in [1.82, 2.24) is 0 Å². The van der Waals surface area contributed by atoms with Gasteiger partial charge in [0.1, 0.15) is 4.88 Å². The quantitative estimate of drug-likeness (QED) is 0.572. The molecule has 3 N–H and O–H groups in total. The molecule has 0 aliphatic carbocycles. The number of amides is 1. The highest BCUT2D eigenvalue weighted by Gasteiger charge is 2.15. The van der Waals surface area contributed by atoms with Gasteiger partial charge in [-0.3, -0.25) is 4.79 Å². The fourth-order valence-electron chi connectivity index (χ4n) is 3.13. The van der Waals surface area contributed by atoms with E-state index in [9.17, 15) is 14.7 Å². The summed E-state index contributed by atoms with van der Waals surface area (Å²) < 4.78 is 0.914. The van der Waals surface area contributed by atoms with E-state index in [0.29, 0.717) is 10.4 Å². The summed E-state index contributed by atoms with van der Waals surface area (Å²) in [4.78, 5) is 23.3. The van der Waals surface area contributed by atoms with Crippen molar-refractivity contribution in [2.45, 2.75) is 0 Å². The summed E-state index contributed by atoms with van der Waals surface area (Å²) in [5, 5.41) is 11.9. The summed E-state index contributed by atoms with van der Waals surface area (Å²) in [6.07, 6.45) is 0. The van der Waals surface area contributed by atoms with Gasteiger partial charge in [0, 0.05) is 15.8 Å². The number of thiophene rings is 1. The molecule has 1 aromatic heterocycles. The number of aromatic carboxylic acids is 1. The maximum atomic E-state index is 11.7. The predicted molar refractivity (Wildman–Crippen MR) is 100 cm³/mol. The Morgan fingerprint density at radius 3 is 2.36 bits per heavy atom. The standard InChI is InChI=1S/C20H13NO3S/c21-19(22)16-9-8-14(12-5-1-2-6-13(12)16)15-7-3-4-11-10-17(20(23)24)25-18(11)15/h1-10H,(H2,21,22)(H,23,24). The molecule has 0 fully saturated rings. The molecule has 0 aliphatic heterocycles. The van der Waals surface area contributed by atoms with Crippen LogP contribution in [0.3, 0.4) is 0 Å². The van der Waals surface area contributed by atoms with Crippen molar-refractivity contribution in [1.29, 1.82) is 0 Å². The Hall–Kier alpha value is -3.18. The fraction of sp³-hybridized carbons (Fsp3) is 0. The van der Waals surface area contributed by atoms with Crippen LogP contribution in [0.5, 0.6) is 0 Å². The molecule has 122 valence electrons. The van der Waals surface area contributed by atoms with Crippen LogP contribution in [0, 0.1) is 0 Å². The zero-order chi connectivity index (χ0) is 17.6. The van der Waals surface area contributed by atoms with Crippen LogP contribution in [0.25, 0.3) is 32.0 Å². The van der Waals surface area contributed by atoms with E-state index >= 15 is 0 Å². The zero-order valence-electron chi connectivity index (χ0n) is 13.0. The third-order valence-corrected chi connectivity index (χ3v) is 5.41. The molecule has 0 unspecified atom stereocenters. The van der Waals surface area contributed by atoms with Crippen LogP contribution in [-0.4, -0.2) is 17.0 Å². The second-order valence-electron chi connectivity index (χ2n) is 5.71. The molecule has 0 spiro atoms. The van der Waals surface area contributed by atoms with Crippen molar-refractivity contribution in [3.05, 3.63) is 71.1 Å². The fourth-order valence-corrected chi connectivity index (χ4v) is 4.16. The molecule has 1 amide bonds. The summed E-state index contributed by atoms with van der Waals surface area (Å²) in [5.41, 5.74) is 7.87. The van der Waals surface area contributed by atoms with E-state index in [1.807, 2.05) is 48.5 Å². The molecule has 0 radical (unpaired) electrons. The van der Waals surface area contributed by atoms with Gasteiger partial charge in [0.05, 0.1) is 0 Å². The Bertz CT molecular complexity index is 1160. The SMILES string of the molecule is NC(=O)c1ccc(-c2cccc3cc(C(=O)O)sc23)c2ccccc12. The Kier molecular flexibility index (Phi) is 3.51. The maximum absolute atomic E-state index is 11.7. The average molecular weight is 347 g/mol. The number of fused-ring (bicyclic) bond motifs is 2. The monoisotopic (exact) mass is 347 g/mol. The normalized spacial score (nSPS) is 11.0. The number of carboxylic acid groups (broad SMARTS) is 1. The van der Waals surface area contributed by atoms with Gasteiger partial charge < -0.3 is 10.8 Å². The van der Waals surface area contributed by atoms with E-state index in [1.54, 1.807) is 12.1 Å². The van der Waals surface area contributed by atoms with E-state index in [4.69, 9.17) is 5.73 Å². The lowest BCUT2D eigenvalue weighted by atomic mass is 9.94. The Labute approximate surface area is 147 Å². The van der Waals surface area contributed by atoms with E-state index in [-0.39, 0.29) is 0 Å². The molecular formula is C20H13NO3S. The van der Waals surface area contributed by atoms with Gasteiger partial charge >= 0.3 is 5.97 Å². The number of nitrogens with two attached hydrogens (primary N) is 1. The number of rotatable bonds is 3. The minimum Gasteiger partial charge on any atom is -0.477 e. The molecule has 0 aliphatic rings. The Balaban J connectivity index is 2.06. The minimum atomic E-state index is -0.930.